The number of aromatic carboxylic acids is 1. The fraction of sp³-hybridized carbons (Fsp3) is 0.222. The summed E-state index contributed by atoms with van der Waals surface area (Å²) in [6.07, 6.45) is 1.71. The van der Waals surface area contributed by atoms with Crippen LogP contribution in [0.2, 0.25) is 0 Å². The second-order valence-electron chi connectivity index (χ2n) is 5.80. The van der Waals surface area contributed by atoms with E-state index in [0.29, 0.717) is 5.69 Å². The summed E-state index contributed by atoms with van der Waals surface area (Å²) in [5.41, 5.74) is -0.316. The zero-order chi connectivity index (χ0) is 18.0. The Morgan fingerprint density at radius 2 is 1.84 bits per heavy atom. The van der Waals surface area contributed by atoms with Crippen LogP contribution in [-0.2, 0) is 4.79 Å². The lowest BCUT2D eigenvalue weighted by molar-refractivity contribution is -0.117. The molecule has 3 N–H and O–H groups in total. The molecular weight excluding hydrogens is 330 g/mol. The summed E-state index contributed by atoms with van der Waals surface area (Å²) in [6, 6.07) is 7.49. The molecule has 1 aliphatic rings. The fourth-order valence-corrected chi connectivity index (χ4v) is 2.84. The van der Waals surface area contributed by atoms with Crippen LogP contribution < -0.4 is 10.6 Å². The number of nitrogens with one attached hydrogen (secondary N) is 2. The molecule has 0 aromatic heterocycles. The molecule has 1 fully saturated rings. The maximum absolute atomic E-state index is 14.3. The molecule has 1 aliphatic heterocycles. The van der Waals surface area contributed by atoms with Gasteiger partial charge >= 0.3 is 5.97 Å². The van der Waals surface area contributed by atoms with Crippen LogP contribution in [-0.4, -0.2) is 29.6 Å². The summed E-state index contributed by atoms with van der Waals surface area (Å²) in [6.45, 7) is 0.801. The molecule has 1 heterocycles. The fourth-order valence-electron chi connectivity index (χ4n) is 2.84. The third-order valence-corrected chi connectivity index (χ3v) is 4.14. The van der Waals surface area contributed by atoms with Crippen LogP contribution >= 0.6 is 0 Å². The average molecular weight is 346 g/mol. The van der Waals surface area contributed by atoms with Gasteiger partial charge in [-0.15, -0.1) is 0 Å². The lowest BCUT2D eigenvalue weighted by Gasteiger charge is -2.12. The van der Waals surface area contributed by atoms with E-state index in [1.807, 2.05) is 0 Å². The largest absolute Gasteiger partial charge is 0.478 e. The van der Waals surface area contributed by atoms with Gasteiger partial charge in [0.25, 0.3) is 0 Å². The quantitative estimate of drug-likeness (QED) is 0.795. The first-order chi connectivity index (χ1) is 12.0. The topological polar surface area (TPSA) is 78.4 Å². The Labute approximate surface area is 142 Å². The molecule has 130 valence electrons. The van der Waals surface area contributed by atoms with Gasteiger partial charge in [0.05, 0.1) is 17.2 Å². The van der Waals surface area contributed by atoms with Crippen LogP contribution in [0.1, 0.15) is 23.2 Å². The molecule has 2 aromatic rings. The Balaban J connectivity index is 1.84. The van der Waals surface area contributed by atoms with Crippen LogP contribution in [0.15, 0.2) is 36.4 Å². The highest BCUT2D eigenvalue weighted by molar-refractivity contribution is 5.95. The number of benzene rings is 2. The predicted molar refractivity (Wildman–Crippen MR) is 88.4 cm³/mol. The maximum atomic E-state index is 14.3. The minimum Gasteiger partial charge on any atom is -0.478 e. The molecule has 1 amide bonds. The highest BCUT2D eigenvalue weighted by Crippen LogP contribution is 2.29. The van der Waals surface area contributed by atoms with Crippen molar-refractivity contribution in [2.45, 2.75) is 18.9 Å². The second kappa shape index (κ2) is 6.98. The lowest BCUT2D eigenvalue weighted by Crippen LogP contribution is -2.35. The van der Waals surface area contributed by atoms with E-state index in [2.05, 4.69) is 10.6 Å². The van der Waals surface area contributed by atoms with Crippen molar-refractivity contribution < 1.29 is 23.5 Å². The molecule has 2 aromatic carbocycles. The normalized spacial score (nSPS) is 16.6. The van der Waals surface area contributed by atoms with Gasteiger partial charge in [0.1, 0.15) is 11.6 Å². The van der Waals surface area contributed by atoms with Crippen molar-refractivity contribution in [1.29, 1.82) is 0 Å². The summed E-state index contributed by atoms with van der Waals surface area (Å²) in [5, 5.41) is 14.8. The van der Waals surface area contributed by atoms with E-state index in [1.165, 1.54) is 24.3 Å². The number of anilines is 1. The van der Waals surface area contributed by atoms with E-state index < -0.39 is 28.7 Å². The van der Waals surface area contributed by atoms with E-state index in [1.54, 1.807) is 0 Å². The Bertz CT molecular complexity index is 816. The molecule has 0 spiro atoms. The number of carboxylic acids is 1. The van der Waals surface area contributed by atoms with E-state index >= 15 is 0 Å². The number of amides is 1. The Morgan fingerprint density at radius 1 is 1.12 bits per heavy atom. The van der Waals surface area contributed by atoms with Gasteiger partial charge in [-0.2, -0.15) is 0 Å². The Morgan fingerprint density at radius 3 is 2.44 bits per heavy atom. The molecule has 0 radical (unpaired) electrons. The van der Waals surface area contributed by atoms with Crippen molar-refractivity contribution >= 4 is 17.6 Å². The van der Waals surface area contributed by atoms with Gasteiger partial charge in [-0.1, -0.05) is 12.1 Å². The first kappa shape index (κ1) is 17.0. The van der Waals surface area contributed by atoms with Crippen molar-refractivity contribution in [3.8, 4) is 11.1 Å². The molecule has 5 nitrogen and oxygen atoms in total. The predicted octanol–water partition coefficient (Wildman–Crippen LogP) is 3.02. The smallest absolute Gasteiger partial charge is 0.338 e. The highest BCUT2D eigenvalue weighted by atomic mass is 19.1. The number of hydrogen-bond acceptors (Lipinski definition) is 3. The van der Waals surface area contributed by atoms with Crippen molar-refractivity contribution in [1.82, 2.24) is 5.32 Å². The standard InChI is InChI=1S/C18H16F2N2O3/c19-13-8-7-12(18(24)25)16(20)15(13)10-3-5-11(6-4-10)22-17(23)14-2-1-9-21-14/h3-8,14,21H,1-2,9H2,(H,22,23)(H,24,25)/t14-/m1/s1. The molecule has 25 heavy (non-hydrogen) atoms. The molecule has 0 bridgehead atoms. The third-order valence-electron chi connectivity index (χ3n) is 4.14. The van der Waals surface area contributed by atoms with Gasteiger partial charge in [0.15, 0.2) is 0 Å². The Kier molecular flexibility index (Phi) is 4.76. The molecule has 0 unspecified atom stereocenters. The average Bonchev–Trinajstić information content (AvgIpc) is 3.10. The summed E-state index contributed by atoms with van der Waals surface area (Å²) >= 11 is 0. The molecule has 0 aliphatic carbocycles. The van der Waals surface area contributed by atoms with Gasteiger partial charge in [-0.25, -0.2) is 13.6 Å². The summed E-state index contributed by atoms with van der Waals surface area (Å²) in [4.78, 5) is 23.0. The van der Waals surface area contributed by atoms with Crippen LogP contribution in [0.4, 0.5) is 14.5 Å². The number of carboxylic acid groups (broad SMARTS) is 1. The monoisotopic (exact) mass is 346 g/mol. The van der Waals surface area contributed by atoms with E-state index in [-0.39, 0.29) is 17.5 Å². The second-order valence-corrected chi connectivity index (χ2v) is 5.80. The number of carbonyl (C=O) groups excluding carboxylic acids is 1. The Hall–Kier alpha value is -2.80. The maximum Gasteiger partial charge on any atom is 0.338 e. The number of hydrogen-bond donors (Lipinski definition) is 3. The zero-order valence-corrected chi connectivity index (χ0v) is 13.2. The lowest BCUT2D eigenvalue weighted by atomic mass is 10.0. The minimum absolute atomic E-state index is 0.157. The van der Waals surface area contributed by atoms with E-state index in [0.717, 1.165) is 31.5 Å². The van der Waals surface area contributed by atoms with Gasteiger partial charge in [0.2, 0.25) is 5.91 Å². The highest BCUT2D eigenvalue weighted by Gasteiger charge is 2.22. The van der Waals surface area contributed by atoms with Gasteiger partial charge in [0, 0.05) is 5.69 Å². The van der Waals surface area contributed by atoms with Crippen LogP contribution in [0.25, 0.3) is 11.1 Å². The van der Waals surface area contributed by atoms with E-state index in [4.69, 9.17) is 5.11 Å². The molecular formula is C18H16F2N2O3. The van der Waals surface area contributed by atoms with Gasteiger partial charge < -0.3 is 15.7 Å². The molecule has 0 saturated carbocycles. The first-order valence-corrected chi connectivity index (χ1v) is 7.83. The van der Waals surface area contributed by atoms with Crippen LogP contribution in [0.5, 0.6) is 0 Å². The number of rotatable bonds is 4. The van der Waals surface area contributed by atoms with Crippen LogP contribution in [0, 0.1) is 11.6 Å². The van der Waals surface area contributed by atoms with Crippen molar-refractivity contribution in [2.75, 3.05) is 11.9 Å². The third kappa shape index (κ3) is 3.51. The van der Waals surface area contributed by atoms with Crippen LogP contribution in [0.3, 0.4) is 0 Å². The number of halogens is 2. The number of carbonyl (C=O) groups is 2. The SMILES string of the molecule is O=C(O)c1ccc(F)c(-c2ccc(NC(=O)[C@H]3CCCN3)cc2)c1F. The summed E-state index contributed by atoms with van der Waals surface area (Å²) < 4.78 is 28.3. The van der Waals surface area contributed by atoms with Crippen molar-refractivity contribution in [3.63, 3.8) is 0 Å². The molecule has 7 heteroatoms. The van der Waals surface area contributed by atoms with Gasteiger partial charge in [-0.3, -0.25) is 4.79 Å². The molecule has 1 atom stereocenters. The zero-order valence-electron chi connectivity index (χ0n) is 13.2. The van der Waals surface area contributed by atoms with Crippen molar-refractivity contribution in [2.24, 2.45) is 0 Å². The van der Waals surface area contributed by atoms with Crippen molar-refractivity contribution in [3.05, 3.63) is 53.6 Å². The van der Waals surface area contributed by atoms with Gasteiger partial charge in [-0.05, 0) is 49.2 Å². The molecule has 3 rings (SSSR count). The summed E-state index contributed by atoms with van der Waals surface area (Å²) in [7, 11) is 0. The molecule has 1 saturated heterocycles. The summed E-state index contributed by atoms with van der Waals surface area (Å²) in [5.74, 6) is -3.60. The minimum atomic E-state index is -1.47. The van der Waals surface area contributed by atoms with E-state index in [9.17, 15) is 18.4 Å². The first-order valence-electron chi connectivity index (χ1n) is 7.83.